The van der Waals surface area contributed by atoms with Gasteiger partial charge in [-0.05, 0) is 47.6 Å². The third kappa shape index (κ3) is 2.68. The molecule has 0 unspecified atom stereocenters. The van der Waals surface area contributed by atoms with Crippen LogP contribution in [0, 0.1) is 0 Å². The van der Waals surface area contributed by atoms with Crippen LogP contribution in [0.25, 0.3) is 0 Å². The third-order valence-electron chi connectivity index (χ3n) is 3.59. The highest BCUT2D eigenvalue weighted by Gasteiger charge is 2.20. The number of pyridine rings is 1. The largest absolute Gasteiger partial charge is 0.378 e. The minimum atomic E-state index is 0.819. The highest BCUT2D eigenvalue weighted by Crippen LogP contribution is 2.25. The SMILES string of the molecule is Brc1ccc(N2CCOCC2)c(CN2CCC2)n1. The number of nitrogens with zero attached hydrogens (tertiary/aromatic N) is 3. The van der Waals surface area contributed by atoms with Gasteiger partial charge in [-0.3, -0.25) is 4.90 Å². The molecule has 0 spiro atoms. The number of anilines is 1. The minimum Gasteiger partial charge on any atom is -0.378 e. The van der Waals surface area contributed by atoms with Gasteiger partial charge in [-0.2, -0.15) is 0 Å². The Bertz CT molecular complexity index is 417. The molecule has 3 heterocycles. The molecule has 0 radical (unpaired) electrons. The van der Waals surface area contributed by atoms with Gasteiger partial charge < -0.3 is 9.64 Å². The van der Waals surface area contributed by atoms with Crippen LogP contribution in [0.4, 0.5) is 5.69 Å². The van der Waals surface area contributed by atoms with Crippen LogP contribution in [-0.4, -0.2) is 49.3 Å². The Morgan fingerprint density at radius 2 is 1.94 bits per heavy atom. The smallest absolute Gasteiger partial charge is 0.106 e. The summed E-state index contributed by atoms with van der Waals surface area (Å²) in [5, 5.41) is 0. The van der Waals surface area contributed by atoms with E-state index in [1.54, 1.807) is 0 Å². The van der Waals surface area contributed by atoms with Gasteiger partial charge in [0, 0.05) is 19.6 Å². The average molecular weight is 312 g/mol. The first kappa shape index (κ1) is 12.4. The first-order valence-corrected chi connectivity index (χ1v) is 7.33. The topological polar surface area (TPSA) is 28.6 Å². The van der Waals surface area contributed by atoms with E-state index in [9.17, 15) is 0 Å². The maximum absolute atomic E-state index is 5.42. The van der Waals surface area contributed by atoms with Gasteiger partial charge in [0.1, 0.15) is 4.60 Å². The highest BCUT2D eigenvalue weighted by molar-refractivity contribution is 9.10. The summed E-state index contributed by atoms with van der Waals surface area (Å²) in [6.45, 7) is 6.95. The number of halogens is 1. The zero-order chi connectivity index (χ0) is 12.4. The Kier molecular flexibility index (Phi) is 3.82. The number of hydrogen-bond acceptors (Lipinski definition) is 4. The molecule has 5 heteroatoms. The zero-order valence-electron chi connectivity index (χ0n) is 10.4. The van der Waals surface area contributed by atoms with E-state index in [0.717, 1.165) is 37.5 Å². The second-order valence-corrected chi connectivity index (χ2v) is 5.64. The van der Waals surface area contributed by atoms with Crippen LogP contribution in [0.5, 0.6) is 0 Å². The van der Waals surface area contributed by atoms with Crippen LogP contribution in [0.3, 0.4) is 0 Å². The van der Waals surface area contributed by atoms with Gasteiger partial charge in [-0.1, -0.05) is 0 Å². The molecule has 0 atom stereocenters. The van der Waals surface area contributed by atoms with E-state index in [0.29, 0.717) is 0 Å². The highest BCUT2D eigenvalue weighted by atomic mass is 79.9. The maximum atomic E-state index is 5.42. The van der Waals surface area contributed by atoms with Gasteiger partial charge in [0.2, 0.25) is 0 Å². The second kappa shape index (κ2) is 5.55. The van der Waals surface area contributed by atoms with Crippen LogP contribution in [0.15, 0.2) is 16.7 Å². The Labute approximate surface area is 116 Å². The maximum Gasteiger partial charge on any atom is 0.106 e. The van der Waals surface area contributed by atoms with Gasteiger partial charge in [-0.25, -0.2) is 4.98 Å². The standard InChI is InChI=1S/C13H18BrN3O/c14-13-3-2-12(17-6-8-18-9-7-17)11(15-13)10-16-4-1-5-16/h2-3H,1,4-10H2. The second-order valence-electron chi connectivity index (χ2n) is 4.83. The molecule has 0 amide bonds. The van der Waals surface area contributed by atoms with Crippen LogP contribution >= 0.6 is 15.9 Å². The molecular weight excluding hydrogens is 294 g/mol. The van der Waals surface area contributed by atoms with Crippen molar-refractivity contribution in [3.8, 4) is 0 Å². The Morgan fingerprint density at radius 3 is 2.61 bits per heavy atom. The normalized spacial score (nSPS) is 20.8. The predicted octanol–water partition coefficient (Wildman–Crippen LogP) is 1.89. The van der Waals surface area contributed by atoms with E-state index in [1.165, 1.54) is 30.9 Å². The summed E-state index contributed by atoms with van der Waals surface area (Å²) in [5.74, 6) is 0. The molecule has 1 aromatic rings. The molecule has 18 heavy (non-hydrogen) atoms. The van der Waals surface area contributed by atoms with Crippen molar-refractivity contribution < 1.29 is 4.74 Å². The van der Waals surface area contributed by atoms with E-state index >= 15 is 0 Å². The van der Waals surface area contributed by atoms with Crippen LogP contribution in [0.2, 0.25) is 0 Å². The fourth-order valence-electron chi connectivity index (χ4n) is 2.43. The lowest BCUT2D eigenvalue weighted by Gasteiger charge is -2.34. The van der Waals surface area contributed by atoms with Gasteiger partial charge in [0.25, 0.3) is 0 Å². The molecule has 1 aromatic heterocycles. The van der Waals surface area contributed by atoms with Crippen LogP contribution < -0.4 is 4.90 Å². The summed E-state index contributed by atoms with van der Waals surface area (Å²) in [7, 11) is 0. The van der Waals surface area contributed by atoms with Crippen molar-refractivity contribution in [1.82, 2.24) is 9.88 Å². The van der Waals surface area contributed by atoms with E-state index in [4.69, 9.17) is 4.74 Å². The molecule has 2 saturated heterocycles. The number of aromatic nitrogens is 1. The van der Waals surface area contributed by atoms with Crippen molar-refractivity contribution in [3.63, 3.8) is 0 Å². The lowest BCUT2D eigenvalue weighted by atomic mass is 10.1. The van der Waals surface area contributed by atoms with E-state index < -0.39 is 0 Å². The summed E-state index contributed by atoms with van der Waals surface area (Å²) >= 11 is 3.48. The van der Waals surface area contributed by atoms with E-state index in [1.807, 2.05) is 6.07 Å². The molecule has 2 aliphatic heterocycles. The molecule has 2 aliphatic rings. The Hall–Kier alpha value is -0.650. The number of ether oxygens (including phenoxy) is 1. The number of likely N-dealkylation sites (tertiary alicyclic amines) is 1. The number of hydrogen-bond donors (Lipinski definition) is 0. The molecule has 0 aliphatic carbocycles. The van der Waals surface area contributed by atoms with E-state index in [-0.39, 0.29) is 0 Å². The van der Waals surface area contributed by atoms with Crippen molar-refractivity contribution in [3.05, 3.63) is 22.4 Å². The summed E-state index contributed by atoms with van der Waals surface area (Å²) in [6.07, 6.45) is 1.32. The molecule has 2 fully saturated rings. The van der Waals surface area contributed by atoms with Gasteiger partial charge in [0.15, 0.2) is 0 Å². The van der Waals surface area contributed by atoms with Gasteiger partial charge >= 0.3 is 0 Å². The van der Waals surface area contributed by atoms with Crippen molar-refractivity contribution >= 4 is 21.6 Å². The van der Waals surface area contributed by atoms with Crippen LogP contribution in [-0.2, 0) is 11.3 Å². The summed E-state index contributed by atoms with van der Waals surface area (Å²) in [4.78, 5) is 9.49. The zero-order valence-corrected chi connectivity index (χ0v) is 12.0. The first-order chi connectivity index (χ1) is 8.83. The van der Waals surface area contributed by atoms with Gasteiger partial charge in [0.05, 0.1) is 24.6 Å². The molecule has 0 saturated carbocycles. The van der Waals surface area contributed by atoms with Crippen molar-refractivity contribution in [2.24, 2.45) is 0 Å². The molecule has 3 rings (SSSR count). The van der Waals surface area contributed by atoms with Gasteiger partial charge in [-0.15, -0.1) is 0 Å². The lowest BCUT2D eigenvalue weighted by molar-refractivity contribution is 0.122. The van der Waals surface area contributed by atoms with Crippen molar-refractivity contribution in [2.45, 2.75) is 13.0 Å². The quantitative estimate of drug-likeness (QED) is 0.797. The lowest BCUT2D eigenvalue weighted by Crippen LogP contribution is -2.39. The summed E-state index contributed by atoms with van der Waals surface area (Å²) in [5.41, 5.74) is 2.46. The average Bonchev–Trinajstić information content (AvgIpc) is 2.35. The predicted molar refractivity (Wildman–Crippen MR) is 74.9 cm³/mol. The molecule has 98 valence electrons. The summed E-state index contributed by atoms with van der Waals surface area (Å²) < 4.78 is 6.34. The molecule has 4 nitrogen and oxygen atoms in total. The molecule has 0 aromatic carbocycles. The Morgan fingerprint density at radius 1 is 1.17 bits per heavy atom. The van der Waals surface area contributed by atoms with Crippen molar-refractivity contribution in [1.29, 1.82) is 0 Å². The monoisotopic (exact) mass is 311 g/mol. The third-order valence-corrected chi connectivity index (χ3v) is 4.03. The molecular formula is C13H18BrN3O. The van der Waals surface area contributed by atoms with Crippen molar-refractivity contribution in [2.75, 3.05) is 44.3 Å². The van der Waals surface area contributed by atoms with Crippen LogP contribution in [0.1, 0.15) is 12.1 Å². The fraction of sp³-hybridized carbons (Fsp3) is 0.615. The Balaban J connectivity index is 1.81. The van der Waals surface area contributed by atoms with E-state index in [2.05, 4.69) is 36.8 Å². The molecule has 0 bridgehead atoms. The molecule has 0 N–H and O–H groups in total. The number of rotatable bonds is 3. The first-order valence-electron chi connectivity index (χ1n) is 6.53. The summed E-state index contributed by atoms with van der Waals surface area (Å²) in [6, 6.07) is 4.21. The minimum absolute atomic E-state index is 0.819. The fourth-order valence-corrected chi connectivity index (χ4v) is 2.77. The number of morpholine rings is 1.